The Balaban J connectivity index is 0.922. The average molecular weight is 1620 g/mol. The Morgan fingerprint density at radius 2 is 1.21 bits per heavy atom. The van der Waals surface area contributed by atoms with E-state index in [1.54, 1.807) is 116 Å². The monoisotopic (exact) mass is 1620 g/mol. The number of carboxylic acids is 1. The summed E-state index contributed by atoms with van der Waals surface area (Å²) in [4.78, 5) is 150. The van der Waals surface area contributed by atoms with E-state index in [1.165, 1.54) is 14.5 Å². The lowest BCUT2D eigenvalue weighted by molar-refractivity contribution is -0.147. The number of fused-ring (bicyclic) bond motifs is 1. The van der Waals surface area contributed by atoms with Crippen molar-refractivity contribution < 1.29 is 75.7 Å². The maximum atomic E-state index is 15.4. The fourth-order valence-electron chi connectivity index (χ4n) is 14.9. The fourth-order valence-corrected chi connectivity index (χ4v) is 16.2. The first-order valence-corrected chi connectivity index (χ1v) is 41.5. The highest BCUT2D eigenvalue weighted by Gasteiger charge is 2.49. The Morgan fingerprint density at radius 1 is 0.615 bits per heavy atom. The number of likely N-dealkylation sites (tertiary alicyclic amines) is 2. The number of aromatic nitrogens is 3. The summed E-state index contributed by atoms with van der Waals surface area (Å²) in [5, 5.41) is 38.0. The Bertz CT molecular complexity index is 4870. The van der Waals surface area contributed by atoms with Crippen LogP contribution in [0.15, 0.2) is 164 Å². The van der Waals surface area contributed by atoms with E-state index in [9.17, 15) is 37.5 Å². The summed E-state index contributed by atoms with van der Waals surface area (Å²) in [5.74, 6) is -8.28. The molecule has 14 rings (SSSR count). The van der Waals surface area contributed by atoms with Gasteiger partial charge in [0.15, 0.2) is 5.78 Å². The zero-order valence-electron chi connectivity index (χ0n) is 67.9. The van der Waals surface area contributed by atoms with Crippen molar-refractivity contribution in [1.29, 1.82) is 0 Å². The van der Waals surface area contributed by atoms with Crippen LogP contribution >= 0.6 is 0 Å². The third-order valence-electron chi connectivity index (χ3n) is 22.4. The number of amides is 7. The number of nitrogens with zero attached hydrogens (tertiary/aromatic N) is 5. The van der Waals surface area contributed by atoms with Crippen LogP contribution in [0.3, 0.4) is 0 Å². The Kier molecular flexibility index (Phi) is 28.5. The van der Waals surface area contributed by atoms with Crippen LogP contribution < -0.4 is 46.1 Å². The summed E-state index contributed by atoms with van der Waals surface area (Å²) in [6.45, 7) is 14.0. The Hall–Kier alpha value is -11.0. The molecule has 0 unspecified atom stereocenters. The molecule has 3 fully saturated rings. The van der Waals surface area contributed by atoms with Crippen LogP contribution in [0, 0.1) is 22.7 Å². The lowest BCUT2D eigenvalue weighted by atomic mass is 9.76. The molecule has 117 heavy (non-hydrogen) atoms. The highest BCUT2D eigenvalue weighted by atomic mass is 32.2. The quantitative estimate of drug-likeness (QED) is 0.0396. The molecule has 0 radical (unpaired) electrons. The highest BCUT2D eigenvalue weighted by molar-refractivity contribution is 7.90. The molecular formula is C88H108N12O16S. The van der Waals surface area contributed by atoms with Gasteiger partial charge in [0, 0.05) is 63.5 Å². The number of nitrogens with one attached hydrogen (secondary N) is 7. The molecule has 2 saturated heterocycles. The van der Waals surface area contributed by atoms with Gasteiger partial charge in [0.25, 0.3) is 0 Å². The largest absolute Gasteiger partial charge is 0.490 e. The molecule has 10 bridgehead atoms. The van der Waals surface area contributed by atoms with Crippen molar-refractivity contribution in [2.24, 2.45) is 22.7 Å². The Labute approximate surface area is 682 Å². The summed E-state index contributed by atoms with van der Waals surface area (Å²) in [6, 6.07) is 33.6. The van der Waals surface area contributed by atoms with Crippen LogP contribution in [0.5, 0.6) is 11.5 Å². The van der Waals surface area contributed by atoms with Crippen molar-refractivity contribution in [3.63, 3.8) is 0 Å². The zero-order chi connectivity index (χ0) is 84.0. The Morgan fingerprint density at radius 3 is 1.85 bits per heavy atom. The molecule has 8 N–H and O–H groups in total. The van der Waals surface area contributed by atoms with Gasteiger partial charge in [-0.05, 0) is 139 Å². The van der Waals surface area contributed by atoms with E-state index < -0.39 is 158 Å². The number of hydrogen-bond donors (Lipinski definition) is 8. The molecule has 7 aliphatic rings. The number of carbonyl (C=O) groups excluding carboxylic acids is 9. The van der Waals surface area contributed by atoms with E-state index in [1.807, 2.05) is 118 Å². The van der Waals surface area contributed by atoms with Gasteiger partial charge < -0.3 is 61.0 Å². The van der Waals surface area contributed by atoms with Crippen molar-refractivity contribution in [2.45, 2.75) is 192 Å². The summed E-state index contributed by atoms with van der Waals surface area (Å²) in [7, 11) is -0.878. The predicted octanol–water partition coefficient (Wildman–Crippen LogP) is 7.12. The number of rotatable bonds is 18. The van der Waals surface area contributed by atoms with Crippen LogP contribution in [0.2, 0.25) is 0 Å². The van der Waals surface area contributed by atoms with E-state index in [0.29, 0.717) is 52.3 Å². The number of likely N-dealkylation sites (N-methyl/N-ethyl adjacent to an activating group) is 2. The van der Waals surface area contributed by atoms with Gasteiger partial charge in [-0.2, -0.15) is 0 Å². The molecule has 7 aromatic rings. The first-order valence-electron chi connectivity index (χ1n) is 40.0. The zero-order valence-corrected chi connectivity index (χ0v) is 68.7. The maximum absolute atomic E-state index is 15.4. The lowest BCUT2D eigenvalue weighted by Gasteiger charge is -2.36. The first-order chi connectivity index (χ1) is 55.7. The smallest absolute Gasteiger partial charge is 0.326 e. The highest BCUT2D eigenvalue weighted by Crippen LogP contribution is 2.37. The van der Waals surface area contributed by atoms with Gasteiger partial charge in [0.1, 0.15) is 66.4 Å². The number of carboxylic acid groups (broad SMARTS) is 1. The van der Waals surface area contributed by atoms with Gasteiger partial charge >= 0.3 is 5.97 Å². The van der Waals surface area contributed by atoms with Gasteiger partial charge in [-0.3, -0.25) is 47.9 Å². The van der Waals surface area contributed by atoms with Crippen molar-refractivity contribution in [1.82, 2.24) is 61.4 Å². The van der Waals surface area contributed by atoms with Crippen LogP contribution in [-0.4, -0.2) is 197 Å². The molecule has 6 aromatic carbocycles. The van der Waals surface area contributed by atoms with E-state index in [-0.39, 0.29) is 83.6 Å². The van der Waals surface area contributed by atoms with Crippen LogP contribution in [-0.2, 0) is 95.0 Å². The maximum Gasteiger partial charge on any atom is 0.326 e. The normalized spacial score (nSPS) is 22.4. The molecule has 1 aromatic heterocycles. The molecule has 12 atom stereocenters. The molecular weight excluding hydrogens is 1510 g/mol. The van der Waals surface area contributed by atoms with Crippen LogP contribution in [0.25, 0.3) is 21.9 Å². The van der Waals surface area contributed by atoms with Gasteiger partial charge in [-0.15, -0.1) is 5.10 Å². The SMILES string of the molecule is CN[C@@H](C)C(=O)C[C@H](C(=O)N1C[C@@H]2C[C@H]1C(=O)N[C@@H](Cc1ccc(-c3ccccc3)cc1)C(=O)C[C@H](C(=O)NS(=O)(=O)C1CC1)Cc1ccc(cc1)OCc1cn(nn1)[C@H]1C[C@@H](C(=O)N[C@@H](Cc3ccc4ccccc4c3)C(=O)N[C@H](C(=O)O)Cc3ccc(cc3)OC/C=C/CO2)N(C(=O)[C@@H](NC(=O)[C@H](C)NC)C(C)(C)C)C1)C(C)(C)C. The second kappa shape index (κ2) is 38.4. The number of aliphatic carboxylic acids is 1. The number of sulfonamides is 1. The number of benzene rings is 6. The molecule has 28 nitrogen and oxygen atoms in total. The molecule has 1 saturated carbocycles. The summed E-state index contributed by atoms with van der Waals surface area (Å²) < 4.78 is 49.7. The van der Waals surface area contributed by atoms with Crippen molar-refractivity contribution in [2.75, 3.05) is 40.4 Å². The average Bonchev–Trinajstić information content (AvgIpc) is 1.62. The first kappa shape index (κ1) is 86.8. The number of Topliss-reactive ketones (excluding diaryl/α,β-unsaturated/α-hetero) is 2. The van der Waals surface area contributed by atoms with Gasteiger partial charge in [0.05, 0.1) is 48.3 Å². The molecule has 622 valence electrons. The number of carbonyl (C=O) groups is 10. The molecule has 1 aliphatic carbocycles. The molecule has 6 aliphatic heterocycles. The molecule has 7 heterocycles. The fraction of sp³-hybridized carbons (Fsp3) is 0.455. The van der Waals surface area contributed by atoms with Crippen molar-refractivity contribution in [3.8, 4) is 22.6 Å². The van der Waals surface area contributed by atoms with Gasteiger partial charge in [-0.25, -0.2) is 17.9 Å². The summed E-state index contributed by atoms with van der Waals surface area (Å²) >= 11 is 0. The second-order valence-corrected chi connectivity index (χ2v) is 35.2. The van der Waals surface area contributed by atoms with E-state index in [2.05, 4.69) is 46.9 Å². The second-order valence-electron chi connectivity index (χ2n) is 33.2. The van der Waals surface area contributed by atoms with Crippen LogP contribution in [0.1, 0.15) is 128 Å². The standard InChI is InChI=1S/C88H108N12O16S/c1-53(89-9)76(101)48-70(87(3,4)5)84(108)99-51-68-47-75(99)83(107)91-71(42-56-22-29-61(30-23-56)59-18-12-11-13-19-59)77(102)45-63(80(104)96-117(112,113)69-36-37-69)40-55-25-34-67(35-26-55)116-52-64-49-100(97-95-64)65-46-74(98(50-65)85(109)78(88(6,7)8)94-79(103)54(2)90-10)82(106)92-72(44-58-24-31-60-20-14-15-21-62(60)41-58)81(105)93-73(86(110)111)43-57-27-32-66(33-28-57)114-38-16-17-39-115-68/h11-35,41,49,53-54,63,65,68-75,78,89-90H,36-40,42-48,50-52H2,1-10H3,(H,91,107)(H,92,106)(H,93,105)(H,94,103)(H,96,104)(H,110,111)/b17-16+/t53-,54-,63+,65-,68-,70+,71-,72-,73-,74-,75-,78+/m0/s1. The molecule has 29 heteroatoms. The minimum absolute atomic E-state index is 0.00760. The minimum atomic E-state index is -4.14. The summed E-state index contributed by atoms with van der Waals surface area (Å²) in [5.41, 5.74) is 2.81. The number of ether oxygens (including phenoxy) is 3. The lowest BCUT2D eigenvalue weighted by Crippen LogP contribution is -2.60. The van der Waals surface area contributed by atoms with Gasteiger partial charge in [-0.1, -0.05) is 174 Å². The van der Waals surface area contributed by atoms with Crippen LogP contribution in [0.4, 0.5) is 0 Å². The third kappa shape index (κ3) is 23.0. The third-order valence-corrected chi connectivity index (χ3v) is 24.2. The van der Waals surface area contributed by atoms with E-state index in [4.69, 9.17) is 14.2 Å². The number of ketones is 2. The molecule has 0 spiro atoms. The van der Waals surface area contributed by atoms with Crippen molar-refractivity contribution in [3.05, 3.63) is 192 Å². The van der Waals surface area contributed by atoms with E-state index >= 15 is 24.0 Å². The topological polar surface area (TPSA) is 374 Å². The van der Waals surface area contributed by atoms with Crippen molar-refractivity contribution >= 4 is 79.7 Å². The van der Waals surface area contributed by atoms with E-state index in [0.717, 1.165) is 21.9 Å². The predicted molar refractivity (Wildman–Crippen MR) is 439 cm³/mol. The van der Waals surface area contributed by atoms with Gasteiger partial charge in [0.2, 0.25) is 51.4 Å². The minimum Gasteiger partial charge on any atom is -0.490 e. The number of hydrogen-bond acceptors (Lipinski definition) is 19. The summed E-state index contributed by atoms with van der Waals surface area (Å²) in [6.07, 6.45) is 3.77. The molecule has 7 amide bonds.